The highest BCUT2D eigenvalue weighted by Crippen LogP contribution is 2.08. The Bertz CT molecular complexity index is 40.5. The molecular formula is C3H9BrOSi. The van der Waals surface area contributed by atoms with Gasteiger partial charge < -0.3 is 4.43 Å². The molecule has 0 aromatic heterocycles. The summed E-state index contributed by atoms with van der Waals surface area (Å²) in [4.78, 5) is 0. The Morgan fingerprint density at radius 2 is 1.67 bits per heavy atom. The monoisotopic (exact) mass is 168 g/mol. The number of hydrogen-bond acceptors (Lipinski definition) is 1. The van der Waals surface area contributed by atoms with Crippen molar-refractivity contribution in [3.05, 3.63) is 0 Å². The lowest BCUT2D eigenvalue weighted by molar-refractivity contribution is 0.425. The maximum atomic E-state index is 4.99. The lowest BCUT2D eigenvalue weighted by Crippen LogP contribution is -2.17. The van der Waals surface area contributed by atoms with E-state index in [-0.39, 0.29) is 0 Å². The van der Waals surface area contributed by atoms with Gasteiger partial charge in [0.2, 0.25) is 0 Å². The Kier molecular flexibility index (Phi) is 2.32. The van der Waals surface area contributed by atoms with Gasteiger partial charge >= 0.3 is 0 Å². The van der Waals surface area contributed by atoms with Gasteiger partial charge in [0.1, 0.15) is 0 Å². The van der Waals surface area contributed by atoms with Crippen molar-refractivity contribution in [1.29, 1.82) is 0 Å². The number of halogens is 1. The Morgan fingerprint density at radius 1 is 1.50 bits per heavy atom. The van der Waals surface area contributed by atoms with E-state index >= 15 is 0 Å². The fourth-order valence-corrected chi connectivity index (χ4v) is 0. The molecule has 3 heteroatoms. The molecular weight excluding hydrogens is 160 g/mol. The van der Waals surface area contributed by atoms with E-state index in [4.69, 9.17) is 4.43 Å². The van der Waals surface area contributed by atoms with Gasteiger partial charge in [-0.1, -0.05) is 15.3 Å². The average Bonchev–Trinajstić information content (AvgIpc) is 1.35. The molecule has 0 atom stereocenters. The van der Waals surface area contributed by atoms with Gasteiger partial charge in [0.05, 0.1) is 0 Å². The smallest absolute Gasteiger partial charge is 0.257 e. The summed E-state index contributed by atoms with van der Waals surface area (Å²) in [6, 6.07) is 0. The molecule has 6 heavy (non-hydrogen) atoms. The van der Waals surface area contributed by atoms with E-state index in [1.165, 1.54) is 0 Å². The van der Waals surface area contributed by atoms with E-state index < -0.39 is 6.94 Å². The second kappa shape index (κ2) is 2.09. The molecule has 0 aromatic rings. The van der Waals surface area contributed by atoms with Gasteiger partial charge in [-0.2, -0.15) is 0 Å². The molecule has 0 spiro atoms. The summed E-state index contributed by atoms with van der Waals surface area (Å²) in [5.41, 5.74) is 0. The minimum atomic E-state index is -1.32. The van der Waals surface area contributed by atoms with Crippen LogP contribution in [0.1, 0.15) is 0 Å². The molecule has 0 aromatic carbocycles. The second-order valence-corrected chi connectivity index (χ2v) is 10.4. The van der Waals surface area contributed by atoms with Crippen LogP contribution in [0.15, 0.2) is 0 Å². The first-order chi connectivity index (χ1) is 2.56. The summed E-state index contributed by atoms with van der Waals surface area (Å²) in [5, 5.41) is 0. The van der Waals surface area contributed by atoms with Gasteiger partial charge in [-0.3, -0.25) is 0 Å². The Labute approximate surface area is 47.4 Å². The predicted molar refractivity (Wildman–Crippen MR) is 33.4 cm³/mol. The molecule has 0 unspecified atom stereocenters. The summed E-state index contributed by atoms with van der Waals surface area (Å²) < 4.78 is 4.99. The van der Waals surface area contributed by atoms with Crippen LogP contribution in [0.4, 0.5) is 0 Å². The first-order valence-electron chi connectivity index (χ1n) is 1.80. The zero-order valence-corrected chi connectivity index (χ0v) is 6.87. The normalized spacial score (nSPS) is 12.0. The van der Waals surface area contributed by atoms with Crippen molar-refractivity contribution in [2.24, 2.45) is 0 Å². The van der Waals surface area contributed by atoms with Crippen LogP contribution < -0.4 is 0 Å². The molecule has 0 bridgehead atoms. The standard InChI is InChI=1S/C3H9BrOSi/c1-5-6(2,3)4/h1-3H3. The lowest BCUT2D eigenvalue weighted by atomic mass is 11.8. The SMILES string of the molecule is CO[Si](C)(C)Br. The van der Waals surface area contributed by atoms with E-state index in [1.807, 2.05) is 0 Å². The molecule has 0 amide bonds. The van der Waals surface area contributed by atoms with E-state index in [9.17, 15) is 0 Å². The van der Waals surface area contributed by atoms with Crippen LogP contribution in [0.3, 0.4) is 0 Å². The fourth-order valence-electron chi connectivity index (χ4n) is 0. The van der Waals surface area contributed by atoms with Crippen molar-refractivity contribution >= 4 is 22.2 Å². The van der Waals surface area contributed by atoms with Crippen molar-refractivity contribution in [2.45, 2.75) is 13.1 Å². The largest absolute Gasteiger partial charge is 0.410 e. The van der Waals surface area contributed by atoms with Crippen molar-refractivity contribution < 1.29 is 4.43 Å². The maximum absolute atomic E-state index is 4.99. The fraction of sp³-hybridized carbons (Fsp3) is 1.00. The maximum Gasteiger partial charge on any atom is 0.257 e. The van der Waals surface area contributed by atoms with Crippen LogP contribution in [0.2, 0.25) is 13.1 Å². The Morgan fingerprint density at radius 3 is 1.67 bits per heavy atom. The van der Waals surface area contributed by atoms with Crippen LogP contribution in [0.5, 0.6) is 0 Å². The zero-order valence-electron chi connectivity index (χ0n) is 4.29. The minimum absolute atomic E-state index is 1.32. The Balaban J connectivity index is 3.17. The number of hydrogen-bond donors (Lipinski definition) is 0. The minimum Gasteiger partial charge on any atom is -0.410 e. The average molecular weight is 169 g/mol. The topological polar surface area (TPSA) is 9.23 Å². The van der Waals surface area contributed by atoms with Crippen LogP contribution in [-0.4, -0.2) is 14.0 Å². The zero-order chi connectivity index (χ0) is 5.21. The van der Waals surface area contributed by atoms with Crippen LogP contribution in [-0.2, 0) is 4.43 Å². The molecule has 0 saturated carbocycles. The van der Waals surface area contributed by atoms with Crippen molar-refractivity contribution in [1.82, 2.24) is 0 Å². The third-order valence-corrected chi connectivity index (χ3v) is 2.43. The summed E-state index contributed by atoms with van der Waals surface area (Å²) >= 11 is 3.39. The number of rotatable bonds is 1. The van der Waals surface area contributed by atoms with E-state index in [0.29, 0.717) is 0 Å². The second-order valence-electron chi connectivity index (χ2n) is 1.57. The molecule has 0 aliphatic carbocycles. The molecule has 0 rings (SSSR count). The van der Waals surface area contributed by atoms with Gasteiger partial charge in [-0.25, -0.2) is 0 Å². The molecule has 38 valence electrons. The Hall–Kier alpha value is 0.657. The van der Waals surface area contributed by atoms with Crippen molar-refractivity contribution in [3.63, 3.8) is 0 Å². The van der Waals surface area contributed by atoms with Crippen LogP contribution in [0, 0.1) is 0 Å². The molecule has 0 fully saturated rings. The highest BCUT2D eigenvalue weighted by Gasteiger charge is 2.12. The first kappa shape index (κ1) is 6.66. The van der Waals surface area contributed by atoms with E-state index in [0.717, 1.165) is 0 Å². The van der Waals surface area contributed by atoms with Gasteiger partial charge in [0, 0.05) is 7.11 Å². The first-order valence-corrected chi connectivity index (χ1v) is 6.97. The quantitative estimate of drug-likeness (QED) is 0.429. The third-order valence-electron chi connectivity index (χ3n) is 0.485. The highest BCUT2D eigenvalue weighted by molar-refractivity contribution is 9.25. The summed E-state index contributed by atoms with van der Waals surface area (Å²) in [5.74, 6) is 0. The van der Waals surface area contributed by atoms with Crippen LogP contribution >= 0.6 is 15.3 Å². The van der Waals surface area contributed by atoms with E-state index in [2.05, 4.69) is 28.4 Å². The van der Waals surface area contributed by atoms with Gasteiger partial charge in [0.25, 0.3) is 6.94 Å². The summed E-state index contributed by atoms with van der Waals surface area (Å²) in [7, 11) is 1.72. The molecule has 1 nitrogen and oxygen atoms in total. The summed E-state index contributed by atoms with van der Waals surface area (Å²) in [6.07, 6.45) is 0. The molecule has 0 saturated heterocycles. The lowest BCUT2D eigenvalue weighted by Gasteiger charge is -2.07. The van der Waals surface area contributed by atoms with Crippen LogP contribution in [0.25, 0.3) is 0 Å². The molecule has 0 N–H and O–H groups in total. The predicted octanol–water partition coefficient (Wildman–Crippen LogP) is 1.73. The van der Waals surface area contributed by atoms with Crippen molar-refractivity contribution in [2.75, 3.05) is 7.11 Å². The van der Waals surface area contributed by atoms with E-state index in [1.54, 1.807) is 7.11 Å². The highest BCUT2D eigenvalue weighted by atomic mass is 79.9. The molecule has 0 heterocycles. The molecule has 0 radical (unpaired) electrons. The van der Waals surface area contributed by atoms with Gasteiger partial charge in [0.15, 0.2) is 0 Å². The third kappa shape index (κ3) is 4.66. The molecule has 0 aliphatic heterocycles. The summed E-state index contributed by atoms with van der Waals surface area (Å²) in [6.45, 7) is 2.83. The van der Waals surface area contributed by atoms with Gasteiger partial charge in [-0.15, -0.1) is 0 Å². The van der Waals surface area contributed by atoms with Crippen molar-refractivity contribution in [3.8, 4) is 0 Å². The molecule has 0 aliphatic rings. The van der Waals surface area contributed by atoms with Gasteiger partial charge in [-0.05, 0) is 13.1 Å².